The van der Waals surface area contributed by atoms with Gasteiger partial charge in [-0.2, -0.15) is 4.98 Å². The third-order valence-electron chi connectivity index (χ3n) is 3.26. The highest BCUT2D eigenvalue weighted by atomic mass is 19.1. The van der Waals surface area contributed by atoms with Crippen LogP contribution >= 0.6 is 0 Å². The summed E-state index contributed by atoms with van der Waals surface area (Å²) in [5, 5.41) is 10.0. The summed E-state index contributed by atoms with van der Waals surface area (Å²) < 4.78 is 13.2. The van der Waals surface area contributed by atoms with Crippen LogP contribution in [0.25, 0.3) is 11.1 Å². The quantitative estimate of drug-likeness (QED) is 0.791. The van der Waals surface area contributed by atoms with Crippen LogP contribution in [0.15, 0.2) is 29.1 Å². The van der Waals surface area contributed by atoms with Crippen LogP contribution in [0.3, 0.4) is 0 Å². The molecule has 2 aromatic rings. The Balaban J connectivity index is 2.56. The number of aromatic amines is 1. The normalized spacial score (nSPS) is 13.2. The average molecular weight is 291 g/mol. The number of aromatic hydroxyl groups is 1. The molecule has 1 aromatic heterocycles. The van der Waals surface area contributed by atoms with Gasteiger partial charge in [0.2, 0.25) is 5.88 Å². The molecule has 0 aliphatic carbocycles. The van der Waals surface area contributed by atoms with Crippen molar-refractivity contribution in [1.82, 2.24) is 9.97 Å². The van der Waals surface area contributed by atoms with E-state index < -0.39 is 23.3 Å². The van der Waals surface area contributed by atoms with Gasteiger partial charge >= 0.3 is 0 Å². The molecule has 1 atom stereocenters. The maximum Gasteiger partial charge on any atom is 0.262 e. The maximum absolute atomic E-state index is 13.2. The van der Waals surface area contributed by atoms with Crippen LogP contribution in [0, 0.1) is 11.2 Å². The molecular weight excluding hydrogens is 273 g/mol. The fourth-order valence-corrected chi connectivity index (χ4v) is 1.94. The lowest BCUT2D eigenvalue weighted by Gasteiger charge is -2.26. The molecule has 0 amide bonds. The molecule has 0 fully saturated rings. The fourth-order valence-electron chi connectivity index (χ4n) is 1.94. The van der Waals surface area contributed by atoms with Crippen LogP contribution in [0.4, 0.5) is 4.39 Å². The predicted octanol–water partition coefficient (Wildman–Crippen LogP) is 2.33. The van der Waals surface area contributed by atoms with E-state index in [2.05, 4.69) is 9.97 Å². The van der Waals surface area contributed by atoms with Gasteiger partial charge in [0.1, 0.15) is 17.2 Å². The summed E-state index contributed by atoms with van der Waals surface area (Å²) in [6, 6.07) is 4.86. The van der Waals surface area contributed by atoms with Gasteiger partial charge in [-0.05, 0) is 23.1 Å². The van der Waals surface area contributed by atoms with Crippen molar-refractivity contribution in [3.05, 3.63) is 46.3 Å². The molecule has 0 saturated carbocycles. The monoisotopic (exact) mass is 291 g/mol. The van der Waals surface area contributed by atoms with E-state index in [0.717, 1.165) is 6.07 Å². The van der Waals surface area contributed by atoms with Crippen molar-refractivity contribution < 1.29 is 9.50 Å². The van der Waals surface area contributed by atoms with Crippen LogP contribution in [0.1, 0.15) is 32.6 Å². The first kappa shape index (κ1) is 15.2. The minimum atomic E-state index is -0.553. The third-order valence-corrected chi connectivity index (χ3v) is 3.26. The molecule has 0 bridgehead atoms. The van der Waals surface area contributed by atoms with E-state index in [1.807, 2.05) is 20.8 Å². The standard InChI is InChI=1S/C15H18FN3O2/c1-15(2,3)11(17)12-18-13(20)10(14(21)19-12)8-5-4-6-9(16)7-8/h4-7,11H,17H2,1-3H3,(H2,18,19,20,21). The van der Waals surface area contributed by atoms with Crippen LogP contribution in [0.5, 0.6) is 5.88 Å². The number of hydrogen-bond donors (Lipinski definition) is 3. The molecule has 0 radical (unpaired) electrons. The Morgan fingerprint density at radius 1 is 1.38 bits per heavy atom. The van der Waals surface area contributed by atoms with Crippen LogP contribution < -0.4 is 11.3 Å². The van der Waals surface area contributed by atoms with Crippen molar-refractivity contribution >= 4 is 0 Å². The fraction of sp³-hybridized carbons (Fsp3) is 0.333. The van der Waals surface area contributed by atoms with Gasteiger partial charge in [0.05, 0.1) is 6.04 Å². The number of hydrogen-bond acceptors (Lipinski definition) is 4. The van der Waals surface area contributed by atoms with Crippen molar-refractivity contribution in [2.24, 2.45) is 11.1 Å². The molecular formula is C15H18FN3O2. The predicted molar refractivity (Wildman–Crippen MR) is 78.3 cm³/mol. The van der Waals surface area contributed by atoms with Gasteiger partial charge in [0, 0.05) is 0 Å². The molecule has 6 heteroatoms. The number of aromatic nitrogens is 2. The zero-order chi connectivity index (χ0) is 15.8. The lowest BCUT2D eigenvalue weighted by atomic mass is 9.87. The van der Waals surface area contributed by atoms with Crippen LogP contribution in [0.2, 0.25) is 0 Å². The molecule has 5 nitrogen and oxygen atoms in total. The number of halogens is 1. The van der Waals surface area contributed by atoms with E-state index in [4.69, 9.17) is 5.73 Å². The SMILES string of the molecule is CC(C)(C)C(N)c1nc(O)c(-c2cccc(F)c2)c(=O)[nH]1. The highest BCUT2D eigenvalue weighted by molar-refractivity contribution is 5.67. The van der Waals surface area contributed by atoms with E-state index in [-0.39, 0.29) is 22.4 Å². The average Bonchev–Trinajstić information content (AvgIpc) is 2.36. The minimum absolute atomic E-state index is 0.0700. The van der Waals surface area contributed by atoms with Crippen LogP contribution in [-0.2, 0) is 0 Å². The Kier molecular flexibility index (Phi) is 3.82. The molecule has 112 valence electrons. The first-order valence-electron chi connectivity index (χ1n) is 6.55. The van der Waals surface area contributed by atoms with Crippen LogP contribution in [-0.4, -0.2) is 15.1 Å². The Hall–Kier alpha value is -2.21. The second-order valence-corrected chi connectivity index (χ2v) is 6.00. The summed E-state index contributed by atoms with van der Waals surface area (Å²) in [6.45, 7) is 5.69. The van der Waals surface area contributed by atoms with Crippen molar-refractivity contribution in [2.75, 3.05) is 0 Å². The second kappa shape index (κ2) is 5.29. The van der Waals surface area contributed by atoms with Crippen molar-refractivity contribution in [3.63, 3.8) is 0 Å². The van der Waals surface area contributed by atoms with E-state index >= 15 is 0 Å². The number of rotatable bonds is 2. The molecule has 0 aliphatic rings. The summed E-state index contributed by atoms with van der Waals surface area (Å²) in [5.41, 5.74) is 5.33. The Labute approximate surface area is 121 Å². The van der Waals surface area contributed by atoms with E-state index in [1.165, 1.54) is 18.2 Å². The molecule has 0 spiro atoms. The zero-order valence-electron chi connectivity index (χ0n) is 12.1. The lowest BCUT2D eigenvalue weighted by molar-refractivity contribution is 0.311. The zero-order valence-corrected chi connectivity index (χ0v) is 12.1. The molecule has 0 aliphatic heterocycles. The molecule has 0 saturated heterocycles. The van der Waals surface area contributed by atoms with E-state index in [1.54, 1.807) is 0 Å². The molecule has 4 N–H and O–H groups in total. The molecule has 21 heavy (non-hydrogen) atoms. The third kappa shape index (κ3) is 3.11. The van der Waals surface area contributed by atoms with Gasteiger partial charge in [-0.1, -0.05) is 32.9 Å². The molecule has 1 aromatic carbocycles. The number of H-pyrrole nitrogens is 1. The van der Waals surface area contributed by atoms with Crippen molar-refractivity contribution in [3.8, 4) is 17.0 Å². The van der Waals surface area contributed by atoms with Gasteiger partial charge in [-0.15, -0.1) is 0 Å². The summed E-state index contributed by atoms with van der Waals surface area (Å²) in [6.07, 6.45) is 0. The molecule has 2 rings (SSSR count). The largest absolute Gasteiger partial charge is 0.493 e. The van der Waals surface area contributed by atoms with Crippen molar-refractivity contribution in [1.29, 1.82) is 0 Å². The number of nitrogens with zero attached hydrogens (tertiary/aromatic N) is 1. The summed E-state index contributed by atoms with van der Waals surface area (Å²) in [7, 11) is 0. The highest BCUT2D eigenvalue weighted by Crippen LogP contribution is 2.30. The van der Waals surface area contributed by atoms with E-state index in [0.29, 0.717) is 0 Å². The highest BCUT2D eigenvalue weighted by Gasteiger charge is 2.26. The second-order valence-electron chi connectivity index (χ2n) is 6.00. The number of benzene rings is 1. The Morgan fingerprint density at radius 2 is 2.05 bits per heavy atom. The first-order valence-corrected chi connectivity index (χ1v) is 6.55. The summed E-state index contributed by atoms with van der Waals surface area (Å²) in [4.78, 5) is 18.7. The number of nitrogens with two attached hydrogens (primary N) is 1. The number of nitrogens with one attached hydrogen (secondary N) is 1. The maximum atomic E-state index is 13.2. The van der Waals surface area contributed by atoms with Gasteiger partial charge in [0.15, 0.2) is 0 Å². The molecule has 1 heterocycles. The minimum Gasteiger partial charge on any atom is -0.493 e. The Morgan fingerprint density at radius 3 is 2.57 bits per heavy atom. The van der Waals surface area contributed by atoms with E-state index in [9.17, 15) is 14.3 Å². The first-order chi connectivity index (χ1) is 9.70. The topological polar surface area (TPSA) is 92.0 Å². The van der Waals surface area contributed by atoms with Crippen molar-refractivity contribution in [2.45, 2.75) is 26.8 Å². The summed E-state index contributed by atoms with van der Waals surface area (Å²) >= 11 is 0. The molecule has 1 unspecified atom stereocenters. The Bertz CT molecular complexity index is 720. The van der Waals surface area contributed by atoms with Gasteiger partial charge in [-0.25, -0.2) is 4.39 Å². The van der Waals surface area contributed by atoms with Gasteiger partial charge in [-0.3, -0.25) is 4.79 Å². The van der Waals surface area contributed by atoms with Gasteiger partial charge < -0.3 is 15.8 Å². The summed E-state index contributed by atoms with van der Waals surface area (Å²) in [5.74, 6) is -0.758. The smallest absolute Gasteiger partial charge is 0.262 e. The van der Waals surface area contributed by atoms with Gasteiger partial charge in [0.25, 0.3) is 5.56 Å². The lowest BCUT2D eigenvalue weighted by Crippen LogP contribution is -2.30.